The highest BCUT2D eigenvalue weighted by Crippen LogP contribution is 2.17. The van der Waals surface area contributed by atoms with Gasteiger partial charge in [-0.1, -0.05) is 11.6 Å². The van der Waals surface area contributed by atoms with Crippen LogP contribution < -0.4 is 5.32 Å². The van der Waals surface area contributed by atoms with Crippen molar-refractivity contribution in [2.24, 2.45) is 0 Å². The number of aliphatic hydroxyl groups is 1. The molecular weight excluding hydrogens is 261 g/mol. The van der Waals surface area contributed by atoms with E-state index in [1.54, 1.807) is 0 Å². The van der Waals surface area contributed by atoms with Gasteiger partial charge in [-0.25, -0.2) is 4.39 Å². The van der Waals surface area contributed by atoms with Crippen molar-refractivity contribution in [1.82, 2.24) is 5.32 Å². The maximum atomic E-state index is 12.8. The van der Waals surface area contributed by atoms with Crippen molar-refractivity contribution in [3.8, 4) is 0 Å². The first kappa shape index (κ1) is 14.9. The van der Waals surface area contributed by atoms with Gasteiger partial charge in [0, 0.05) is 13.7 Å². The normalized spacial score (nSPS) is 12.2. The van der Waals surface area contributed by atoms with Gasteiger partial charge in [0.2, 0.25) is 0 Å². The van der Waals surface area contributed by atoms with Crippen LogP contribution in [0.1, 0.15) is 16.8 Å². The van der Waals surface area contributed by atoms with Crippen molar-refractivity contribution >= 4 is 17.5 Å². The van der Waals surface area contributed by atoms with Gasteiger partial charge in [-0.3, -0.25) is 4.79 Å². The van der Waals surface area contributed by atoms with Crippen LogP contribution in [-0.2, 0) is 4.74 Å². The zero-order valence-electron chi connectivity index (χ0n) is 9.95. The summed E-state index contributed by atoms with van der Waals surface area (Å²) >= 11 is 5.78. The number of aliphatic hydroxyl groups excluding tert-OH is 1. The molecule has 6 heteroatoms. The largest absolute Gasteiger partial charge is 0.396 e. The zero-order valence-corrected chi connectivity index (χ0v) is 10.7. The van der Waals surface area contributed by atoms with Crippen LogP contribution >= 0.6 is 11.6 Å². The van der Waals surface area contributed by atoms with Gasteiger partial charge in [0.05, 0.1) is 23.2 Å². The van der Waals surface area contributed by atoms with E-state index >= 15 is 0 Å². The second-order valence-corrected chi connectivity index (χ2v) is 4.17. The van der Waals surface area contributed by atoms with Crippen LogP contribution in [0.3, 0.4) is 0 Å². The minimum atomic E-state index is -0.500. The molecule has 1 atom stereocenters. The highest BCUT2D eigenvalue weighted by Gasteiger charge is 2.16. The van der Waals surface area contributed by atoms with Crippen LogP contribution in [0.2, 0.25) is 5.02 Å². The van der Waals surface area contributed by atoms with E-state index in [1.807, 2.05) is 0 Å². The molecule has 4 nitrogen and oxygen atoms in total. The Morgan fingerprint density at radius 1 is 1.61 bits per heavy atom. The molecule has 0 saturated carbocycles. The lowest BCUT2D eigenvalue weighted by Gasteiger charge is -2.17. The Labute approximate surface area is 110 Å². The fourth-order valence-corrected chi connectivity index (χ4v) is 1.74. The number of hydrogen-bond donors (Lipinski definition) is 2. The lowest BCUT2D eigenvalue weighted by Crippen LogP contribution is -2.38. The van der Waals surface area contributed by atoms with Crippen LogP contribution in [0, 0.1) is 5.82 Å². The third-order valence-electron chi connectivity index (χ3n) is 2.36. The lowest BCUT2D eigenvalue weighted by atomic mass is 10.1. The SMILES string of the molecule is COCC(CCO)NC(=O)c1ccc(F)cc1Cl. The molecule has 1 aromatic carbocycles. The van der Waals surface area contributed by atoms with Gasteiger partial charge in [0.15, 0.2) is 0 Å². The maximum absolute atomic E-state index is 12.8. The van der Waals surface area contributed by atoms with Crippen LogP contribution in [0.15, 0.2) is 18.2 Å². The quantitative estimate of drug-likeness (QED) is 0.829. The lowest BCUT2D eigenvalue weighted by molar-refractivity contribution is 0.0879. The second-order valence-electron chi connectivity index (χ2n) is 3.76. The Hall–Kier alpha value is -1.17. The first-order valence-corrected chi connectivity index (χ1v) is 5.82. The van der Waals surface area contributed by atoms with Crippen LogP contribution in [0.25, 0.3) is 0 Å². The fourth-order valence-electron chi connectivity index (χ4n) is 1.49. The summed E-state index contributed by atoms with van der Waals surface area (Å²) in [5.41, 5.74) is 0.192. The number of hydrogen-bond acceptors (Lipinski definition) is 3. The van der Waals surface area contributed by atoms with Crippen molar-refractivity contribution < 1.29 is 19.0 Å². The molecule has 0 heterocycles. The Bertz CT molecular complexity index is 408. The third-order valence-corrected chi connectivity index (χ3v) is 2.67. The van der Waals surface area contributed by atoms with E-state index < -0.39 is 11.7 Å². The summed E-state index contributed by atoms with van der Waals surface area (Å²) in [4.78, 5) is 11.9. The number of benzene rings is 1. The highest BCUT2D eigenvalue weighted by atomic mass is 35.5. The molecule has 0 aliphatic heterocycles. The summed E-state index contributed by atoms with van der Waals surface area (Å²) in [6, 6.07) is 3.25. The minimum Gasteiger partial charge on any atom is -0.396 e. The monoisotopic (exact) mass is 275 g/mol. The average molecular weight is 276 g/mol. The topological polar surface area (TPSA) is 58.6 Å². The Morgan fingerprint density at radius 2 is 2.33 bits per heavy atom. The van der Waals surface area contributed by atoms with Crippen molar-refractivity contribution in [3.63, 3.8) is 0 Å². The predicted octanol–water partition coefficient (Wildman–Crippen LogP) is 1.61. The van der Waals surface area contributed by atoms with Gasteiger partial charge in [-0.2, -0.15) is 0 Å². The predicted molar refractivity (Wildman–Crippen MR) is 66.2 cm³/mol. The molecule has 18 heavy (non-hydrogen) atoms. The van der Waals surface area contributed by atoms with Gasteiger partial charge < -0.3 is 15.2 Å². The van der Waals surface area contributed by atoms with Crippen LogP contribution in [0.5, 0.6) is 0 Å². The first-order valence-electron chi connectivity index (χ1n) is 5.44. The Morgan fingerprint density at radius 3 is 2.89 bits per heavy atom. The van der Waals surface area contributed by atoms with Gasteiger partial charge in [0.25, 0.3) is 5.91 Å². The average Bonchev–Trinajstić information content (AvgIpc) is 2.29. The molecule has 0 aliphatic carbocycles. The summed E-state index contributed by atoms with van der Waals surface area (Å²) in [6.45, 7) is 0.219. The van der Waals surface area contributed by atoms with Gasteiger partial charge in [-0.05, 0) is 24.6 Å². The minimum absolute atomic E-state index is 0.0488. The van der Waals surface area contributed by atoms with E-state index in [1.165, 1.54) is 13.2 Å². The molecule has 0 spiro atoms. The first-order chi connectivity index (χ1) is 8.58. The summed E-state index contributed by atoms with van der Waals surface area (Å²) < 4.78 is 17.8. The van der Waals surface area contributed by atoms with Crippen molar-refractivity contribution in [2.45, 2.75) is 12.5 Å². The molecule has 1 aromatic rings. The zero-order chi connectivity index (χ0) is 13.5. The van der Waals surface area contributed by atoms with E-state index in [4.69, 9.17) is 21.4 Å². The number of methoxy groups -OCH3 is 1. The number of nitrogens with one attached hydrogen (secondary N) is 1. The van der Waals surface area contributed by atoms with Crippen molar-refractivity contribution in [1.29, 1.82) is 0 Å². The van der Waals surface area contributed by atoms with Gasteiger partial charge >= 0.3 is 0 Å². The summed E-state index contributed by atoms with van der Waals surface area (Å²) in [5, 5.41) is 11.6. The number of halogens is 2. The molecule has 0 radical (unpaired) electrons. The fraction of sp³-hybridized carbons (Fsp3) is 0.417. The molecule has 0 aliphatic rings. The van der Waals surface area contributed by atoms with E-state index in [0.717, 1.165) is 12.1 Å². The molecular formula is C12H15ClFNO3. The smallest absolute Gasteiger partial charge is 0.253 e. The molecule has 0 fully saturated rings. The highest BCUT2D eigenvalue weighted by molar-refractivity contribution is 6.33. The number of ether oxygens (including phenoxy) is 1. The Balaban J connectivity index is 2.73. The third kappa shape index (κ3) is 4.25. The van der Waals surface area contributed by atoms with E-state index in [-0.39, 0.29) is 29.8 Å². The van der Waals surface area contributed by atoms with Crippen molar-refractivity contribution in [2.75, 3.05) is 20.3 Å². The maximum Gasteiger partial charge on any atom is 0.253 e. The molecule has 100 valence electrons. The van der Waals surface area contributed by atoms with E-state index in [0.29, 0.717) is 6.42 Å². The second kappa shape index (κ2) is 7.31. The molecule has 1 unspecified atom stereocenters. The van der Waals surface area contributed by atoms with E-state index in [9.17, 15) is 9.18 Å². The molecule has 1 rings (SSSR count). The van der Waals surface area contributed by atoms with Crippen molar-refractivity contribution in [3.05, 3.63) is 34.6 Å². The van der Waals surface area contributed by atoms with Crippen LogP contribution in [-0.4, -0.2) is 37.4 Å². The standard InChI is InChI=1S/C12H15ClFNO3/c1-18-7-9(4-5-16)15-12(17)10-3-2-8(14)6-11(10)13/h2-3,6,9,16H,4-5,7H2,1H3,(H,15,17). The van der Waals surface area contributed by atoms with E-state index in [2.05, 4.69) is 5.32 Å². The summed E-state index contributed by atoms with van der Waals surface area (Å²) in [6.07, 6.45) is 0.373. The number of carbonyl (C=O) groups is 1. The van der Waals surface area contributed by atoms with Crippen LogP contribution in [0.4, 0.5) is 4.39 Å². The molecule has 1 amide bonds. The molecule has 0 bridgehead atoms. The molecule has 0 saturated heterocycles. The number of carbonyl (C=O) groups excluding carboxylic acids is 1. The van der Waals surface area contributed by atoms with Gasteiger partial charge in [-0.15, -0.1) is 0 Å². The number of rotatable bonds is 6. The Kier molecular flexibility index (Phi) is 6.04. The number of amides is 1. The summed E-state index contributed by atoms with van der Waals surface area (Å²) in [7, 11) is 1.50. The molecule has 0 aromatic heterocycles. The molecule has 2 N–H and O–H groups in total. The van der Waals surface area contributed by atoms with Gasteiger partial charge in [0.1, 0.15) is 5.82 Å². The summed E-state index contributed by atoms with van der Waals surface area (Å²) in [5.74, 6) is -0.921.